The lowest BCUT2D eigenvalue weighted by atomic mass is 10.3. The topological polar surface area (TPSA) is 65.0 Å². The standard InChI is InChI=1S/C11H9FN2O2S/c12-8-3-1-2-4-9(8)14-11-13-7(6-17-11)5-10(15)16/h1-4,6H,5H2,(H,13,14)(H,15,16)/p-1. The van der Waals surface area contributed by atoms with Crippen LogP contribution in [-0.2, 0) is 11.2 Å². The molecule has 4 nitrogen and oxygen atoms in total. The first kappa shape index (κ1) is 11.5. The molecule has 2 rings (SSSR count). The van der Waals surface area contributed by atoms with Gasteiger partial charge in [0.05, 0.1) is 11.4 Å². The summed E-state index contributed by atoms with van der Waals surface area (Å²) in [7, 11) is 0. The van der Waals surface area contributed by atoms with Crippen LogP contribution in [0.5, 0.6) is 0 Å². The van der Waals surface area contributed by atoms with Crippen molar-refractivity contribution in [3.8, 4) is 0 Å². The molecule has 0 spiro atoms. The third-order valence-corrected chi connectivity index (χ3v) is 2.80. The summed E-state index contributed by atoms with van der Waals surface area (Å²) in [6, 6.07) is 6.19. The lowest BCUT2D eigenvalue weighted by molar-refractivity contribution is -0.304. The molecule has 2 aromatic rings. The highest BCUT2D eigenvalue weighted by Crippen LogP contribution is 2.22. The summed E-state index contributed by atoms with van der Waals surface area (Å²) in [6.07, 6.45) is -0.241. The molecule has 0 saturated carbocycles. The van der Waals surface area contributed by atoms with Crippen LogP contribution in [0.15, 0.2) is 29.6 Å². The molecule has 0 unspecified atom stereocenters. The Morgan fingerprint density at radius 3 is 2.94 bits per heavy atom. The Morgan fingerprint density at radius 2 is 2.24 bits per heavy atom. The van der Waals surface area contributed by atoms with Gasteiger partial charge in [-0.2, -0.15) is 0 Å². The molecule has 0 saturated heterocycles. The number of nitrogens with zero attached hydrogens (tertiary/aromatic N) is 1. The summed E-state index contributed by atoms with van der Waals surface area (Å²) in [6.45, 7) is 0. The van der Waals surface area contributed by atoms with E-state index in [4.69, 9.17) is 0 Å². The van der Waals surface area contributed by atoms with E-state index < -0.39 is 5.97 Å². The Kier molecular flexibility index (Phi) is 3.34. The predicted octanol–water partition coefficient (Wildman–Crippen LogP) is 1.32. The lowest BCUT2D eigenvalue weighted by Gasteiger charge is -2.03. The Bertz CT molecular complexity index is 542. The quantitative estimate of drug-likeness (QED) is 0.890. The molecule has 0 aliphatic heterocycles. The van der Waals surface area contributed by atoms with Gasteiger partial charge in [-0.05, 0) is 12.1 Å². The van der Waals surface area contributed by atoms with Gasteiger partial charge in [0, 0.05) is 17.8 Å². The number of thiazole rings is 1. The zero-order valence-electron chi connectivity index (χ0n) is 8.64. The molecule has 88 valence electrons. The predicted molar refractivity (Wildman–Crippen MR) is 60.5 cm³/mol. The van der Waals surface area contributed by atoms with E-state index in [1.54, 1.807) is 23.6 Å². The van der Waals surface area contributed by atoms with Gasteiger partial charge in [-0.15, -0.1) is 11.3 Å². The summed E-state index contributed by atoms with van der Waals surface area (Å²) >= 11 is 1.22. The number of rotatable bonds is 4. The van der Waals surface area contributed by atoms with Crippen molar-refractivity contribution in [1.82, 2.24) is 4.98 Å². The molecule has 0 fully saturated rings. The minimum absolute atomic E-state index is 0.241. The van der Waals surface area contributed by atoms with E-state index in [9.17, 15) is 14.3 Å². The molecule has 6 heteroatoms. The van der Waals surface area contributed by atoms with Crippen molar-refractivity contribution in [1.29, 1.82) is 0 Å². The molecule has 1 N–H and O–H groups in total. The number of carboxylic acid groups (broad SMARTS) is 1. The van der Waals surface area contributed by atoms with Crippen molar-refractivity contribution in [2.75, 3.05) is 5.32 Å². The summed E-state index contributed by atoms with van der Waals surface area (Å²) < 4.78 is 13.3. The van der Waals surface area contributed by atoms with Gasteiger partial charge >= 0.3 is 0 Å². The minimum atomic E-state index is -1.19. The largest absolute Gasteiger partial charge is 0.550 e. The van der Waals surface area contributed by atoms with Crippen molar-refractivity contribution >= 4 is 28.1 Å². The van der Waals surface area contributed by atoms with Crippen LogP contribution in [0.25, 0.3) is 0 Å². The van der Waals surface area contributed by atoms with Crippen molar-refractivity contribution < 1.29 is 14.3 Å². The smallest absolute Gasteiger partial charge is 0.187 e. The fourth-order valence-corrected chi connectivity index (χ4v) is 1.99. The van der Waals surface area contributed by atoms with Crippen molar-refractivity contribution in [2.45, 2.75) is 6.42 Å². The van der Waals surface area contributed by atoms with Crippen LogP contribution in [0.4, 0.5) is 15.2 Å². The van der Waals surface area contributed by atoms with Gasteiger partial charge in [0.25, 0.3) is 0 Å². The molecule has 0 atom stereocenters. The second-order valence-electron chi connectivity index (χ2n) is 3.30. The maximum Gasteiger partial charge on any atom is 0.187 e. The molecule has 0 radical (unpaired) electrons. The number of hydrogen-bond acceptors (Lipinski definition) is 5. The van der Waals surface area contributed by atoms with Crippen LogP contribution >= 0.6 is 11.3 Å². The maximum atomic E-state index is 13.3. The number of aromatic nitrogens is 1. The number of carboxylic acids is 1. The minimum Gasteiger partial charge on any atom is -0.550 e. The van der Waals surface area contributed by atoms with E-state index in [2.05, 4.69) is 10.3 Å². The summed E-state index contributed by atoms with van der Waals surface area (Å²) in [4.78, 5) is 14.4. The maximum absolute atomic E-state index is 13.3. The van der Waals surface area contributed by atoms with Crippen molar-refractivity contribution in [3.63, 3.8) is 0 Å². The third kappa shape index (κ3) is 3.01. The summed E-state index contributed by atoms with van der Waals surface area (Å²) in [5.74, 6) is -1.57. The molecule has 0 bridgehead atoms. The molecule has 1 aromatic carbocycles. The number of nitrogens with one attached hydrogen (secondary N) is 1. The molecule has 1 aromatic heterocycles. The Hall–Kier alpha value is -1.95. The second-order valence-corrected chi connectivity index (χ2v) is 4.16. The fourth-order valence-electron chi connectivity index (χ4n) is 1.27. The van der Waals surface area contributed by atoms with Gasteiger partial charge < -0.3 is 15.2 Å². The normalized spacial score (nSPS) is 10.2. The summed E-state index contributed by atoms with van der Waals surface area (Å²) in [5.41, 5.74) is 0.704. The van der Waals surface area contributed by atoms with E-state index in [1.807, 2.05) is 0 Å². The highest BCUT2D eigenvalue weighted by molar-refractivity contribution is 7.13. The number of para-hydroxylation sites is 1. The zero-order chi connectivity index (χ0) is 12.3. The van der Waals surface area contributed by atoms with E-state index in [-0.39, 0.29) is 12.2 Å². The van der Waals surface area contributed by atoms with E-state index in [0.717, 1.165) is 0 Å². The van der Waals surface area contributed by atoms with E-state index in [1.165, 1.54) is 17.4 Å². The molecular weight excluding hydrogens is 243 g/mol. The number of anilines is 2. The van der Waals surface area contributed by atoms with Crippen molar-refractivity contribution in [2.24, 2.45) is 0 Å². The first-order chi connectivity index (χ1) is 8.15. The highest BCUT2D eigenvalue weighted by Gasteiger charge is 2.05. The zero-order valence-corrected chi connectivity index (χ0v) is 9.46. The summed E-state index contributed by atoms with van der Waals surface area (Å²) in [5, 5.41) is 15.2. The van der Waals surface area contributed by atoms with Crippen LogP contribution in [0, 0.1) is 5.82 Å². The van der Waals surface area contributed by atoms with E-state index in [0.29, 0.717) is 16.5 Å². The Labute approximate surface area is 101 Å². The SMILES string of the molecule is O=C([O-])Cc1csc(Nc2ccccc2F)n1. The molecule has 1 heterocycles. The van der Waals surface area contributed by atoms with Gasteiger partial charge in [0.1, 0.15) is 5.82 Å². The molecule has 0 amide bonds. The number of carbonyl (C=O) groups is 1. The average Bonchev–Trinajstić information content (AvgIpc) is 2.68. The van der Waals surface area contributed by atoms with Crippen LogP contribution in [0.3, 0.4) is 0 Å². The third-order valence-electron chi connectivity index (χ3n) is 1.99. The molecular formula is C11H8FN2O2S-. The van der Waals surface area contributed by atoms with Crippen LogP contribution in [0.2, 0.25) is 0 Å². The first-order valence-corrected chi connectivity index (χ1v) is 5.69. The van der Waals surface area contributed by atoms with Crippen LogP contribution in [-0.4, -0.2) is 11.0 Å². The van der Waals surface area contributed by atoms with Gasteiger partial charge in [-0.3, -0.25) is 0 Å². The molecule has 0 aliphatic rings. The number of aliphatic carboxylic acids is 1. The highest BCUT2D eigenvalue weighted by atomic mass is 32.1. The molecule has 0 aliphatic carbocycles. The lowest BCUT2D eigenvalue weighted by Crippen LogP contribution is -2.24. The Balaban J connectivity index is 2.12. The van der Waals surface area contributed by atoms with Gasteiger partial charge in [-0.25, -0.2) is 9.37 Å². The number of benzene rings is 1. The first-order valence-electron chi connectivity index (χ1n) is 4.81. The van der Waals surface area contributed by atoms with Gasteiger partial charge in [0.2, 0.25) is 0 Å². The average molecular weight is 251 g/mol. The second kappa shape index (κ2) is 4.92. The van der Waals surface area contributed by atoms with Crippen molar-refractivity contribution in [3.05, 3.63) is 41.2 Å². The van der Waals surface area contributed by atoms with Crippen LogP contribution in [0.1, 0.15) is 5.69 Å². The van der Waals surface area contributed by atoms with Gasteiger partial charge in [0.15, 0.2) is 5.13 Å². The number of hydrogen-bond donors (Lipinski definition) is 1. The number of carbonyl (C=O) groups excluding carboxylic acids is 1. The van der Waals surface area contributed by atoms with Crippen LogP contribution < -0.4 is 10.4 Å². The Morgan fingerprint density at radius 1 is 1.47 bits per heavy atom. The molecule has 17 heavy (non-hydrogen) atoms. The van der Waals surface area contributed by atoms with E-state index >= 15 is 0 Å². The number of halogens is 1. The fraction of sp³-hybridized carbons (Fsp3) is 0.0909. The van der Waals surface area contributed by atoms with Gasteiger partial charge in [-0.1, -0.05) is 12.1 Å². The monoisotopic (exact) mass is 251 g/mol.